The maximum absolute atomic E-state index is 11.5. The van der Waals surface area contributed by atoms with Crippen molar-refractivity contribution >= 4 is 28.8 Å². The zero-order valence-electron chi connectivity index (χ0n) is 15.0. The van der Waals surface area contributed by atoms with E-state index < -0.39 is 5.91 Å². The summed E-state index contributed by atoms with van der Waals surface area (Å²) in [7, 11) is 1.55. The molecule has 0 unspecified atom stereocenters. The van der Waals surface area contributed by atoms with Crippen LogP contribution in [0, 0.1) is 0 Å². The smallest absolute Gasteiger partial charge is 0.303 e. The molecular formula is C18H22ClN3O4S. The number of rotatable bonds is 7. The van der Waals surface area contributed by atoms with Gasteiger partial charge in [0, 0.05) is 17.5 Å². The second-order valence-electron chi connectivity index (χ2n) is 6.22. The number of ether oxygens (including phenoxy) is 2. The first kappa shape index (κ1) is 19.9. The number of hydrogen-bond donors (Lipinski definition) is 2. The Morgan fingerprint density at radius 1 is 1.37 bits per heavy atom. The van der Waals surface area contributed by atoms with E-state index in [-0.39, 0.29) is 5.01 Å². The quantitative estimate of drug-likeness (QED) is 0.536. The monoisotopic (exact) mass is 411 g/mol. The van der Waals surface area contributed by atoms with Gasteiger partial charge in [0.1, 0.15) is 6.61 Å². The van der Waals surface area contributed by atoms with Gasteiger partial charge in [0.15, 0.2) is 16.5 Å². The zero-order valence-corrected chi connectivity index (χ0v) is 16.6. The van der Waals surface area contributed by atoms with Gasteiger partial charge in [0.25, 0.3) is 0 Å². The van der Waals surface area contributed by atoms with Gasteiger partial charge in [-0.3, -0.25) is 14.9 Å². The van der Waals surface area contributed by atoms with Gasteiger partial charge < -0.3 is 9.47 Å². The summed E-state index contributed by atoms with van der Waals surface area (Å²) in [5, 5.41) is 11.0. The number of thiazole rings is 1. The summed E-state index contributed by atoms with van der Waals surface area (Å²) in [4.78, 5) is 18.1. The van der Waals surface area contributed by atoms with E-state index in [1.54, 1.807) is 30.1 Å². The molecule has 0 radical (unpaired) electrons. The molecule has 2 N–H and O–H groups in total. The van der Waals surface area contributed by atoms with Crippen LogP contribution in [0.2, 0.25) is 5.02 Å². The van der Waals surface area contributed by atoms with Gasteiger partial charge in [-0.1, -0.05) is 18.0 Å². The van der Waals surface area contributed by atoms with Crippen LogP contribution in [-0.4, -0.2) is 54.3 Å². The predicted molar refractivity (Wildman–Crippen MR) is 104 cm³/mol. The van der Waals surface area contributed by atoms with Crippen LogP contribution in [0.5, 0.6) is 11.5 Å². The van der Waals surface area contributed by atoms with Crippen LogP contribution in [0.15, 0.2) is 17.5 Å². The average molecular weight is 412 g/mol. The van der Waals surface area contributed by atoms with Gasteiger partial charge in [0.05, 0.1) is 17.8 Å². The number of methoxy groups -OCH3 is 1. The summed E-state index contributed by atoms with van der Waals surface area (Å²) in [6.45, 7) is 3.61. The number of nitrogens with zero attached hydrogens (tertiary/aromatic N) is 2. The van der Waals surface area contributed by atoms with Gasteiger partial charge in [0.2, 0.25) is 0 Å². The number of benzene rings is 1. The minimum Gasteiger partial charge on any atom is -0.493 e. The second kappa shape index (κ2) is 9.36. The van der Waals surface area contributed by atoms with Crippen molar-refractivity contribution in [2.24, 2.45) is 0 Å². The van der Waals surface area contributed by atoms with Crippen molar-refractivity contribution in [3.05, 3.63) is 27.5 Å². The molecule has 1 aromatic carbocycles. The van der Waals surface area contributed by atoms with E-state index in [1.165, 1.54) is 19.3 Å². The Hall–Kier alpha value is -1.87. The molecule has 0 atom stereocenters. The third-order valence-corrected chi connectivity index (χ3v) is 5.55. The minimum atomic E-state index is -0.651. The number of amides is 1. The second-order valence-corrected chi connectivity index (χ2v) is 7.48. The van der Waals surface area contributed by atoms with Gasteiger partial charge in [-0.25, -0.2) is 10.5 Å². The van der Waals surface area contributed by atoms with Crippen LogP contribution >= 0.6 is 22.9 Å². The molecule has 7 nitrogen and oxygen atoms in total. The van der Waals surface area contributed by atoms with Crippen molar-refractivity contribution in [2.75, 3.05) is 33.4 Å². The number of aromatic nitrogens is 1. The highest BCUT2D eigenvalue weighted by atomic mass is 35.5. The van der Waals surface area contributed by atoms with E-state index in [0.717, 1.165) is 31.0 Å². The summed E-state index contributed by atoms with van der Waals surface area (Å²) in [5.41, 5.74) is 2.84. The first-order chi connectivity index (χ1) is 13.1. The number of nitrogens with one attached hydrogen (secondary N) is 1. The van der Waals surface area contributed by atoms with Gasteiger partial charge in [-0.15, -0.1) is 11.3 Å². The molecule has 1 aromatic heterocycles. The molecule has 1 amide bonds. The maximum atomic E-state index is 11.5. The fourth-order valence-corrected chi connectivity index (χ4v) is 4.01. The average Bonchev–Trinajstić information content (AvgIpc) is 3.19. The lowest BCUT2D eigenvalue weighted by Gasteiger charge is -2.26. The number of carbonyl (C=O) groups excluding carboxylic acids is 1. The first-order valence-electron chi connectivity index (χ1n) is 8.75. The third kappa shape index (κ3) is 4.90. The number of hydroxylamine groups is 1. The molecule has 146 valence electrons. The van der Waals surface area contributed by atoms with Crippen LogP contribution in [-0.2, 0) is 0 Å². The predicted octanol–water partition coefficient (Wildman–Crippen LogP) is 3.46. The molecule has 1 aliphatic rings. The van der Waals surface area contributed by atoms with Crippen molar-refractivity contribution in [3.63, 3.8) is 0 Å². The normalized spacial score (nSPS) is 14.8. The maximum Gasteiger partial charge on any atom is 0.303 e. The topological polar surface area (TPSA) is 83.9 Å². The lowest BCUT2D eigenvalue weighted by Crippen LogP contribution is -2.33. The van der Waals surface area contributed by atoms with Crippen molar-refractivity contribution < 1.29 is 19.5 Å². The molecule has 1 saturated heterocycles. The molecule has 0 aliphatic carbocycles. The van der Waals surface area contributed by atoms with Crippen LogP contribution < -0.4 is 15.0 Å². The fraction of sp³-hybridized carbons (Fsp3) is 0.444. The number of likely N-dealkylation sites (tertiary alicyclic amines) is 1. The summed E-state index contributed by atoms with van der Waals surface area (Å²) < 4.78 is 11.3. The molecule has 0 spiro atoms. The molecule has 0 saturated carbocycles. The minimum absolute atomic E-state index is 0.157. The van der Waals surface area contributed by atoms with Crippen LogP contribution in [0.4, 0.5) is 0 Å². The zero-order chi connectivity index (χ0) is 19.2. The molecule has 27 heavy (non-hydrogen) atoms. The van der Waals surface area contributed by atoms with Crippen molar-refractivity contribution in [1.82, 2.24) is 15.4 Å². The first-order valence-corrected chi connectivity index (χ1v) is 10.0. The summed E-state index contributed by atoms with van der Waals surface area (Å²) in [6.07, 6.45) is 3.78. The number of carbonyl (C=O) groups is 1. The number of piperidine rings is 1. The molecular weight excluding hydrogens is 390 g/mol. The Morgan fingerprint density at radius 3 is 2.85 bits per heavy atom. The lowest BCUT2D eigenvalue weighted by molar-refractivity contribution is 0.0706. The molecule has 3 rings (SSSR count). The molecule has 2 heterocycles. The third-order valence-electron chi connectivity index (χ3n) is 4.43. The van der Waals surface area contributed by atoms with Crippen molar-refractivity contribution in [1.29, 1.82) is 0 Å². The molecule has 1 aliphatic heterocycles. The summed E-state index contributed by atoms with van der Waals surface area (Å²) in [5.74, 6) is 0.364. The van der Waals surface area contributed by atoms with Crippen LogP contribution in [0.25, 0.3) is 11.3 Å². The molecule has 0 bridgehead atoms. The Kier molecular flexibility index (Phi) is 6.89. The van der Waals surface area contributed by atoms with Crippen LogP contribution in [0.1, 0.15) is 29.1 Å². The van der Waals surface area contributed by atoms with Crippen LogP contribution in [0.3, 0.4) is 0 Å². The van der Waals surface area contributed by atoms with E-state index in [2.05, 4.69) is 9.88 Å². The Bertz CT molecular complexity index is 793. The van der Waals surface area contributed by atoms with E-state index >= 15 is 0 Å². The molecule has 2 aromatic rings. The SMILES string of the molecule is COc1cc(-c2csc(C(=O)NO)n2)cc(Cl)c1OCCN1CCCCC1. The van der Waals surface area contributed by atoms with Crippen molar-refractivity contribution in [2.45, 2.75) is 19.3 Å². The largest absolute Gasteiger partial charge is 0.493 e. The highest BCUT2D eigenvalue weighted by Gasteiger charge is 2.17. The number of hydrogen-bond acceptors (Lipinski definition) is 7. The molecule has 1 fully saturated rings. The standard InChI is InChI=1S/C18H22ClN3O4S/c1-25-15-10-12(14-11-27-18(20-14)17(23)21-24)9-13(19)16(15)26-8-7-22-5-3-2-4-6-22/h9-11,24H,2-8H2,1H3,(H,21,23). The Balaban J connectivity index is 1.72. The lowest BCUT2D eigenvalue weighted by atomic mass is 10.1. The molecule has 9 heteroatoms. The Morgan fingerprint density at radius 2 is 2.15 bits per heavy atom. The summed E-state index contributed by atoms with van der Waals surface area (Å²) >= 11 is 7.55. The van der Waals surface area contributed by atoms with E-state index in [4.69, 9.17) is 26.3 Å². The van der Waals surface area contributed by atoms with Gasteiger partial charge in [-0.05, 0) is 38.1 Å². The van der Waals surface area contributed by atoms with E-state index in [1.807, 2.05) is 0 Å². The highest BCUT2D eigenvalue weighted by Crippen LogP contribution is 2.39. The van der Waals surface area contributed by atoms with E-state index in [9.17, 15) is 4.79 Å². The summed E-state index contributed by atoms with van der Waals surface area (Å²) in [6, 6.07) is 3.51. The fourth-order valence-electron chi connectivity index (χ4n) is 3.03. The van der Waals surface area contributed by atoms with Crippen molar-refractivity contribution in [3.8, 4) is 22.8 Å². The van der Waals surface area contributed by atoms with Gasteiger partial charge >= 0.3 is 5.91 Å². The Labute approximate surface area is 166 Å². The number of halogens is 1. The highest BCUT2D eigenvalue weighted by molar-refractivity contribution is 7.12. The van der Waals surface area contributed by atoms with E-state index in [0.29, 0.717) is 34.4 Å². The van der Waals surface area contributed by atoms with Gasteiger partial charge in [-0.2, -0.15) is 0 Å².